The number of hydrogen-bond donors (Lipinski definition) is 0. The van der Waals surface area contributed by atoms with Crippen LogP contribution in [0.25, 0.3) is 0 Å². The van der Waals surface area contributed by atoms with Gasteiger partial charge in [0.05, 0.1) is 11.2 Å². The van der Waals surface area contributed by atoms with Crippen molar-refractivity contribution in [2.24, 2.45) is 0 Å². The lowest BCUT2D eigenvalue weighted by atomic mass is 10.1. The monoisotopic (exact) mass is 331 g/mol. The number of aromatic nitrogens is 2. The van der Waals surface area contributed by atoms with Crippen molar-refractivity contribution < 1.29 is 9.59 Å². The molecule has 0 aromatic carbocycles. The third-order valence-corrected chi connectivity index (χ3v) is 5.18. The molecule has 1 fully saturated rings. The SMILES string of the molecule is CC(C)n1cnc(C(=O)N2CCC[C@@H]2CC(=O)c2cccs2)c1. The Morgan fingerprint density at radius 3 is 2.91 bits per heavy atom. The van der Waals surface area contributed by atoms with Crippen LogP contribution in [-0.4, -0.2) is 38.7 Å². The summed E-state index contributed by atoms with van der Waals surface area (Å²) in [7, 11) is 0. The number of nitrogens with zero attached hydrogens (tertiary/aromatic N) is 3. The first-order valence-electron chi connectivity index (χ1n) is 7.97. The summed E-state index contributed by atoms with van der Waals surface area (Å²) in [6, 6.07) is 3.99. The number of carbonyl (C=O) groups excluding carboxylic acids is 2. The molecule has 0 aliphatic carbocycles. The Bertz CT molecular complexity index is 691. The van der Waals surface area contributed by atoms with Crippen LogP contribution >= 0.6 is 11.3 Å². The van der Waals surface area contributed by atoms with Gasteiger partial charge in [-0.2, -0.15) is 0 Å². The zero-order valence-corrected chi connectivity index (χ0v) is 14.3. The highest BCUT2D eigenvalue weighted by Gasteiger charge is 2.32. The fraction of sp³-hybridized carbons (Fsp3) is 0.471. The highest BCUT2D eigenvalue weighted by atomic mass is 32.1. The Morgan fingerprint density at radius 1 is 1.43 bits per heavy atom. The average Bonchev–Trinajstić information content (AvgIpc) is 3.27. The molecule has 1 atom stereocenters. The summed E-state index contributed by atoms with van der Waals surface area (Å²) < 4.78 is 1.93. The predicted molar refractivity (Wildman–Crippen MR) is 89.9 cm³/mol. The molecule has 2 aromatic heterocycles. The van der Waals surface area contributed by atoms with Crippen molar-refractivity contribution in [1.82, 2.24) is 14.5 Å². The standard InChI is InChI=1S/C17H21N3O2S/c1-12(2)19-10-14(18-11-19)17(22)20-7-3-5-13(20)9-15(21)16-6-4-8-23-16/h4,6,8,10-13H,3,5,7,9H2,1-2H3/t13-/m1/s1. The van der Waals surface area contributed by atoms with Gasteiger partial charge in [-0.25, -0.2) is 4.98 Å². The van der Waals surface area contributed by atoms with Crippen molar-refractivity contribution in [2.45, 2.75) is 45.2 Å². The Balaban J connectivity index is 1.70. The largest absolute Gasteiger partial charge is 0.334 e. The highest BCUT2D eigenvalue weighted by Crippen LogP contribution is 2.25. The van der Waals surface area contributed by atoms with E-state index in [-0.39, 0.29) is 23.8 Å². The number of carbonyl (C=O) groups is 2. The van der Waals surface area contributed by atoms with Crippen molar-refractivity contribution >= 4 is 23.0 Å². The van der Waals surface area contributed by atoms with Crippen LogP contribution in [0.2, 0.25) is 0 Å². The Kier molecular flexibility index (Phi) is 4.61. The second-order valence-electron chi connectivity index (χ2n) is 6.20. The zero-order valence-electron chi connectivity index (χ0n) is 13.4. The van der Waals surface area contributed by atoms with Crippen LogP contribution in [0.5, 0.6) is 0 Å². The molecule has 1 saturated heterocycles. The fourth-order valence-electron chi connectivity index (χ4n) is 2.94. The van der Waals surface area contributed by atoms with E-state index in [9.17, 15) is 9.59 Å². The Hall–Kier alpha value is -1.95. The molecule has 3 heterocycles. The minimum atomic E-state index is -0.0640. The van der Waals surface area contributed by atoms with Gasteiger partial charge in [0.15, 0.2) is 5.78 Å². The van der Waals surface area contributed by atoms with Gasteiger partial charge >= 0.3 is 0 Å². The first-order chi connectivity index (χ1) is 11.1. The number of Topliss-reactive ketones (excluding diaryl/α,β-unsaturated/α-hetero) is 1. The number of thiophene rings is 1. The molecule has 2 aromatic rings. The van der Waals surface area contributed by atoms with Gasteiger partial charge in [0.2, 0.25) is 0 Å². The quantitative estimate of drug-likeness (QED) is 0.789. The Labute approximate surface area is 139 Å². The van der Waals surface area contributed by atoms with E-state index in [4.69, 9.17) is 0 Å². The van der Waals surface area contributed by atoms with Crippen molar-refractivity contribution in [3.63, 3.8) is 0 Å². The summed E-state index contributed by atoms with van der Waals surface area (Å²) in [5.74, 6) is 0.0586. The van der Waals surface area contributed by atoms with Gasteiger partial charge in [0.1, 0.15) is 5.69 Å². The summed E-state index contributed by atoms with van der Waals surface area (Å²) in [5.41, 5.74) is 0.467. The molecule has 6 heteroatoms. The molecule has 0 radical (unpaired) electrons. The molecule has 3 rings (SSSR count). The third-order valence-electron chi connectivity index (χ3n) is 4.27. The third kappa shape index (κ3) is 3.37. The van der Waals surface area contributed by atoms with Gasteiger partial charge in [0, 0.05) is 31.2 Å². The lowest BCUT2D eigenvalue weighted by Crippen LogP contribution is -2.37. The molecule has 0 saturated carbocycles. The van der Waals surface area contributed by atoms with Crippen LogP contribution in [0, 0.1) is 0 Å². The van der Waals surface area contributed by atoms with Crippen LogP contribution in [0.3, 0.4) is 0 Å². The highest BCUT2D eigenvalue weighted by molar-refractivity contribution is 7.12. The van der Waals surface area contributed by atoms with Crippen molar-refractivity contribution in [3.05, 3.63) is 40.6 Å². The molecule has 1 aliphatic rings. The number of rotatable bonds is 5. The second kappa shape index (κ2) is 6.66. The molecule has 23 heavy (non-hydrogen) atoms. The van der Waals surface area contributed by atoms with Gasteiger partial charge in [-0.1, -0.05) is 6.07 Å². The van der Waals surface area contributed by atoms with Crippen LogP contribution in [0.1, 0.15) is 59.3 Å². The molecule has 0 N–H and O–H groups in total. The van der Waals surface area contributed by atoms with Crippen LogP contribution in [0.15, 0.2) is 30.0 Å². The maximum absolute atomic E-state index is 12.7. The van der Waals surface area contributed by atoms with Gasteiger partial charge in [-0.05, 0) is 38.1 Å². The van der Waals surface area contributed by atoms with E-state index >= 15 is 0 Å². The van der Waals surface area contributed by atoms with Crippen LogP contribution < -0.4 is 0 Å². The average molecular weight is 331 g/mol. The maximum atomic E-state index is 12.7. The molecule has 5 nitrogen and oxygen atoms in total. The molecule has 0 spiro atoms. The summed E-state index contributed by atoms with van der Waals surface area (Å²) >= 11 is 1.46. The van der Waals surface area contributed by atoms with Crippen LogP contribution in [-0.2, 0) is 0 Å². The minimum Gasteiger partial charge on any atom is -0.334 e. The summed E-state index contributed by atoms with van der Waals surface area (Å²) in [6.45, 7) is 4.80. The lowest BCUT2D eigenvalue weighted by molar-refractivity contribution is 0.0712. The maximum Gasteiger partial charge on any atom is 0.274 e. The lowest BCUT2D eigenvalue weighted by Gasteiger charge is -2.23. The van der Waals surface area contributed by atoms with Crippen molar-refractivity contribution in [3.8, 4) is 0 Å². The van der Waals surface area contributed by atoms with Crippen molar-refractivity contribution in [2.75, 3.05) is 6.54 Å². The molecule has 1 aliphatic heterocycles. The van der Waals surface area contributed by atoms with E-state index in [2.05, 4.69) is 4.98 Å². The van der Waals surface area contributed by atoms with E-state index in [1.165, 1.54) is 11.3 Å². The summed E-state index contributed by atoms with van der Waals surface area (Å²) in [6.07, 6.45) is 5.72. The van der Waals surface area contributed by atoms with Crippen LogP contribution in [0.4, 0.5) is 0 Å². The molecule has 122 valence electrons. The number of hydrogen-bond acceptors (Lipinski definition) is 4. The van der Waals surface area contributed by atoms with E-state index in [0.29, 0.717) is 18.7 Å². The van der Waals surface area contributed by atoms with Gasteiger partial charge in [-0.3, -0.25) is 9.59 Å². The molecule has 1 amide bonds. The topological polar surface area (TPSA) is 55.2 Å². The summed E-state index contributed by atoms with van der Waals surface area (Å²) in [5, 5.41) is 1.91. The number of likely N-dealkylation sites (tertiary alicyclic amines) is 1. The number of ketones is 1. The fourth-order valence-corrected chi connectivity index (χ4v) is 3.62. The molecular weight excluding hydrogens is 310 g/mol. The van der Waals surface area contributed by atoms with Gasteiger partial charge in [-0.15, -0.1) is 11.3 Å². The van der Waals surface area contributed by atoms with E-state index in [1.807, 2.05) is 40.8 Å². The molecule has 0 unspecified atom stereocenters. The first kappa shape index (κ1) is 15.9. The summed E-state index contributed by atoms with van der Waals surface area (Å²) in [4.78, 5) is 31.8. The second-order valence-corrected chi connectivity index (χ2v) is 7.15. The molecular formula is C17H21N3O2S. The normalized spacial score (nSPS) is 17.9. The molecule has 0 bridgehead atoms. The Morgan fingerprint density at radius 2 is 2.26 bits per heavy atom. The van der Waals surface area contributed by atoms with E-state index in [0.717, 1.165) is 17.7 Å². The minimum absolute atomic E-state index is 0.0127. The zero-order chi connectivity index (χ0) is 16.4. The van der Waals surface area contributed by atoms with E-state index in [1.54, 1.807) is 12.5 Å². The number of amides is 1. The van der Waals surface area contributed by atoms with E-state index < -0.39 is 0 Å². The van der Waals surface area contributed by atoms with Crippen molar-refractivity contribution in [1.29, 1.82) is 0 Å². The first-order valence-corrected chi connectivity index (χ1v) is 8.85. The van der Waals surface area contributed by atoms with Gasteiger partial charge in [0.25, 0.3) is 5.91 Å². The van der Waals surface area contributed by atoms with Gasteiger partial charge < -0.3 is 9.47 Å². The predicted octanol–water partition coefficient (Wildman–Crippen LogP) is 3.40. The smallest absolute Gasteiger partial charge is 0.274 e. The number of imidazole rings is 1.